The molecule has 0 atom stereocenters. The minimum Gasteiger partial charge on any atom is -0.494 e. The molecule has 2 aromatic rings. The van der Waals surface area contributed by atoms with Crippen LogP contribution < -0.4 is 4.74 Å². The van der Waals surface area contributed by atoms with Crippen molar-refractivity contribution in [3.8, 4) is 5.75 Å². The van der Waals surface area contributed by atoms with Gasteiger partial charge in [-0.15, -0.1) is 0 Å². The third-order valence-corrected chi connectivity index (χ3v) is 4.21. The van der Waals surface area contributed by atoms with Crippen LogP contribution in [0.25, 0.3) is 0 Å². The number of rotatable bonds is 5. The summed E-state index contributed by atoms with van der Waals surface area (Å²) < 4.78 is 11.0. The highest BCUT2D eigenvalue weighted by molar-refractivity contribution is 5.76. The number of benzene rings is 1. The number of aryl methyl sites for hydroxylation is 2. The number of fused-ring (bicyclic) bond motifs is 1. The van der Waals surface area contributed by atoms with Gasteiger partial charge in [-0.2, -0.15) is 0 Å². The summed E-state index contributed by atoms with van der Waals surface area (Å²) in [5.41, 5.74) is 3.31. The van der Waals surface area contributed by atoms with Crippen molar-refractivity contribution in [1.82, 2.24) is 10.1 Å². The van der Waals surface area contributed by atoms with E-state index in [4.69, 9.17) is 9.26 Å². The predicted molar refractivity (Wildman–Crippen MR) is 86.3 cm³/mol. The van der Waals surface area contributed by atoms with Crippen molar-refractivity contribution in [3.05, 3.63) is 46.8 Å². The highest BCUT2D eigenvalue weighted by atomic mass is 16.5. The molecule has 1 aromatic carbocycles. The average molecular weight is 314 g/mol. The van der Waals surface area contributed by atoms with Crippen molar-refractivity contribution < 1.29 is 14.1 Å². The smallest absolute Gasteiger partial charge is 0.223 e. The summed E-state index contributed by atoms with van der Waals surface area (Å²) in [5, 5.41) is 3.97. The van der Waals surface area contributed by atoms with E-state index in [1.54, 1.807) is 0 Å². The van der Waals surface area contributed by atoms with Crippen molar-refractivity contribution in [2.45, 2.75) is 39.7 Å². The van der Waals surface area contributed by atoms with Crippen LogP contribution in [-0.4, -0.2) is 29.1 Å². The fourth-order valence-electron chi connectivity index (χ4n) is 2.80. The Morgan fingerprint density at radius 2 is 2.09 bits per heavy atom. The van der Waals surface area contributed by atoms with E-state index in [1.807, 2.05) is 43.0 Å². The first kappa shape index (κ1) is 15.6. The molecule has 0 spiro atoms. The molecule has 0 radical (unpaired) electrons. The van der Waals surface area contributed by atoms with Crippen molar-refractivity contribution in [2.24, 2.45) is 0 Å². The lowest BCUT2D eigenvalue weighted by atomic mass is 10.1. The Bertz CT molecular complexity index is 676. The molecule has 0 bridgehead atoms. The Labute approximate surface area is 136 Å². The first-order valence-corrected chi connectivity index (χ1v) is 8.05. The molecule has 5 heteroatoms. The quantitative estimate of drug-likeness (QED) is 0.796. The second kappa shape index (κ2) is 6.86. The molecular weight excluding hydrogens is 292 g/mol. The zero-order valence-corrected chi connectivity index (χ0v) is 13.7. The molecule has 0 aliphatic carbocycles. The second-order valence-corrected chi connectivity index (χ2v) is 6.00. The standard InChI is InChI=1S/C18H22N2O3/c1-13-5-7-15(8-6-13)22-11-3-4-18(21)20-10-9-16-14(2)19-23-17(16)12-20/h5-8H,3-4,9-12H2,1-2H3. The Hall–Kier alpha value is -2.30. The van der Waals surface area contributed by atoms with E-state index in [1.165, 1.54) is 5.56 Å². The average Bonchev–Trinajstić information content (AvgIpc) is 2.94. The zero-order valence-electron chi connectivity index (χ0n) is 13.7. The fourth-order valence-corrected chi connectivity index (χ4v) is 2.80. The molecular formula is C18H22N2O3. The summed E-state index contributed by atoms with van der Waals surface area (Å²) in [4.78, 5) is 14.1. The summed E-state index contributed by atoms with van der Waals surface area (Å²) in [6, 6.07) is 7.95. The van der Waals surface area contributed by atoms with Gasteiger partial charge in [-0.1, -0.05) is 22.9 Å². The van der Waals surface area contributed by atoms with Gasteiger partial charge < -0.3 is 14.2 Å². The van der Waals surface area contributed by atoms with Gasteiger partial charge in [-0.3, -0.25) is 4.79 Å². The van der Waals surface area contributed by atoms with Gasteiger partial charge in [0.1, 0.15) is 5.75 Å². The maximum atomic E-state index is 12.3. The Kier molecular flexibility index (Phi) is 4.65. The van der Waals surface area contributed by atoms with Crippen LogP contribution >= 0.6 is 0 Å². The van der Waals surface area contributed by atoms with Gasteiger partial charge >= 0.3 is 0 Å². The largest absolute Gasteiger partial charge is 0.494 e. The van der Waals surface area contributed by atoms with Crippen LogP contribution in [0.5, 0.6) is 5.75 Å². The molecule has 0 unspecified atom stereocenters. The van der Waals surface area contributed by atoms with Crippen molar-refractivity contribution >= 4 is 5.91 Å². The summed E-state index contributed by atoms with van der Waals surface area (Å²) in [6.45, 7) is 5.82. The maximum absolute atomic E-state index is 12.3. The molecule has 122 valence electrons. The highest BCUT2D eigenvalue weighted by Gasteiger charge is 2.25. The first-order valence-electron chi connectivity index (χ1n) is 8.05. The first-order chi connectivity index (χ1) is 11.1. The number of carbonyl (C=O) groups excluding carboxylic acids is 1. The molecule has 0 saturated carbocycles. The van der Waals surface area contributed by atoms with Crippen LogP contribution in [0, 0.1) is 13.8 Å². The van der Waals surface area contributed by atoms with E-state index in [0.29, 0.717) is 26.0 Å². The lowest BCUT2D eigenvalue weighted by Gasteiger charge is -2.25. The monoisotopic (exact) mass is 314 g/mol. The summed E-state index contributed by atoms with van der Waals surface area (Å²) in [5.74, 6) is 1.83. The molecule has 1 aromatic heterocycles. The van der Waals surface area contributed by atoms with Crippen molar-refractivity contribution in [1.29, 1.82) is 0 Å². The minimum absolute atomic E-state index is 0.150. The molecule has 1 aliphatic heterocycles. The van der Waals surface area contributed by atoms with Crippen LogP contribution in [-0.2, 0) is 17.8 Å². The van der Waals surface area contributed by atoms with Crippen LogP contribution in [0.4, 0.5) is 0 Å². The molecule has 1 amide bonds. The van der Waals surface area contributed by atoms with Crippen LogP contribution in [0.1, 0.15) is 35.4 Å². The van der Waals surface area contributed by atoms with Crippen molar-refractivity contribution in [2.75, 3.05) is 13.2 Å². The number of ether oxygens (including phenoxy) is 1. The number of carbonyl (C=O) groups is 1. The van der Waals surface area contributed by atoms with Gasteiger partial charge in [0.15, 0.2) is 5.76 Å². The van der Waals surface area contributed by atoms with E-state index in [0.717, 1.165) is 35.7 Å². The van der Waals surface area contributed by atoms with Gasteiger partial charge in [0.25, 0.3) is 0 Å². The van der Waals surface area contributed by atoms with E-state index >= 15 is 0 Å². The molecule has 0 saturated heterocycles. The molecule has 1 aliphatic rings. The topological polar surface area (TPSA) is 55.6 Å². The van der Waals surface area contributed by atoms with Crippen LogP contribution in [0.3, 0.4) is 0 Å². The molecule has 5 nitrogen and oxygen atoms in total. The minimum atomic E-state index is 0.150. The van der Waals surface area contributed by atoms with Gasteiger partial charge in [0, 0.05) is 18.5 Å². The lowest BCUT2D eigenvalue weighted by molar-refractivity contribution is -0.132. The van der Waals surface area contributed by atoms with E-state index < -0.39 is 0 Å². The van der Waals surface area contributed by atoms with Gasteiger partial charge in [-0.25, -0.2) is 0 Å². The second-order valence-electron chi connectivity index (χ2n) is 6.00. The Balaban J connectivity index is 1.42. The highest BCUT2D eigenvalue weighted by Crippen LogP contribution is 2.22. The Morgan fingerprint density at radius 1 is 1.30 bits per heavy atom. The third kappa shape index (κ3) is 3.73. The number of hydrogen-bond acceptors (Lipinski definition) is 4. The molecule has 0 N–H and O–H groups in total. The van der Waals surface area contributed by atoms with E-state index in [-0.39, 0.29) is 5.91 Å². The number of amides is 1. The van der Waals surface area contributed by atoms with E-state index in [2.05, 4.69) is 5.16 Å². The molecule has 0 fully saturated rings. The fraction of sp³-hybridized carbons (Fsp3) is 0.444. The normalized spacial score (nSPS) is 13.7. The molecule has 3 rings (SSSR count). The van der Waals surface area contributed by atoms with Crippen LogP contribution in [0.2, 0.25) is 0 Å². The zero-order chi connectivity index (χ0) is 16.2. The Morgan fingerprint density at radius 3 is 2.87 bits per heavy atom. The number of nitrogens with zero attached hydrogens (tertiary/aromatic N) is 2. The lowest BCUT2D eigenvalue weighted by Crippen LogP contribution is -2.35. The number of aromatic nitrogens is 1. The molecule has 23 heavy (non-hydrogen) atoms. The van der Waals surface area contributed by atoms with Crippen molar-refractivity contribution in [3.63, 3.8) is 0 Å². The van der Waals surface area contributed by atoms with Gasteiger partial charge in [0.05, 0.1) is 18.8 Å². The number of hydrogen-bond donors (Lipinski definition) is 0. The summed E-state index contributed by atoms with van der Waals surface area (Å²) in [6.07, 6.45) is 2.04. The summed E-state index contributed by atoms with van der Waals surface area (Å²) >= 11 is 0. The SMILES string of the molecule is Cc1ccc(OCCCC(=O)N2CCc3c(C)noc3C2)cc1. The van der Waals surface area contributed by atoms with Crippen LogP contribution in [0.15, 0.2) is 28.8 Å². The molecule has 2 heterocycles. The summed E-state index contributed by atoms with van der Waals surface area (Å²) in [7, 11) is 0. The van der Waals surface area contributed by atoms with Gasteiger partial charge in [0.2, 0.25) is 5.91 Å². The van der Waals surface area contributed by atoms with Gasteiger partial charge in [-0.05, 0) is 38.8 Å². The third-order valence-electron chi connectivity index (χ3n) is 4.21. The predicted octanol–water partition coefficient (Wildman–Crippen LogP) is 3.04. The maximum Gasteiger partial charge on any atom is 0.223 e. The van der Waals surface area contributed by atoms with E-state index in [9.17, 15) is 4.79 Å².